The van der Waals surface area contributed by atoms with Crippen LogP contribution in [0.15, 0.2) is 12.7 Å². The Balaban J connectivity index is 0. The summed E-state index contributed by atoms with van der Waals surface area (Å²) in [6.07, 6.45) is 2.21. The maximum Gasteiger partial charge on any atom is 0.466 e. The summed E-state index contributed by atoms with van der Waals surface area (Å²) in [5.41, 5.74) is 0. The molecule has 14 heavy (non-hydrogen) atoms. The third-order valence-corrected chi connectivity index (χ3v) is 2.01. The fourth-order valence-electron chi connectivity index (χ4n) is 0.376. The average molecular weight is 250 g/mol. The molecule has 0 aliphatic heterocycles. The van der Waals surface area contributed by atoms with Gasteiger partial charge in [0.05, 0.1) is 0 Å². The molecule has 0 unspecified atom stereocenters. The van der Waals surface area contributed by atoms with Crippen LogP contribution in [-0.2, 0) is 14.1 Å². The van der Waals surface area contributed by atoms with E-state index in [1.54, 1.807) is 0 Å². The molecule has 0 aromatic heterocycles. The minimum absolute atomic E-state index is 0.309. The molecule has 78 valence electrons. The first kappa shape index (κ1) is 17.4. The fraction of sp³-hybridized carbons (Fsp3) is 0.500. The van der Waals surface area contributed by atoms with Crippen LogP contribution in [0.3, 0.4) is 0 Å². The number of hydrogen-bond acceptors (Lipinski definition) is 3. The molecule has 0 saturated carbocycles. The van der Waals surface area contributed by atoms with Crippen molar-refractivity contribution in [1.29, 1.82) is 0 Å². The maximum absolute atomic E-state index is 10.4. The topological polar surface area (TPSA) is 104 Å². The monoisotopic (exact) mass is 250 g/mol. The molecule has 0 aliphatic rings. The van der Waals surface area contributed by atoms with Gasteiger partial charge in [0.1, 0.15) is 0 Å². The van der Waals surface area contributed by atoms with Gasteiger partial charge < -0.3 is 14.7 Å². The minimum Gasteiger partial charge on any atom is -0.303 e. The number of carbonyl (C=O) groups excluding carboxylic acids is 1. The van der Waals surface area contributed by atoms with Gasteiger partial charge in [-0.3, -0.25) is 0 Å². The van der Waals surface area contributed by atoms with Crippen LogP contribution < -0.4 is 0 Å². The Morgan fingerprint density at radius 1 is 1.50 bits per heavy atom. The number of rotatable bonds is 4. The van der Waals surface area contributed by atoms with E-state index >= 15 is 0 Å². The number of phosphoric acid groups is 1. The van der Waals surface area contributed by atoms with Crippen LogP contribution >= 0.6 is 7.82 Å². The first-order valence-corrected chi connectivity index (χ1v) is 7.66. The summed E-state index contributed by atoms with van der Waals surface area (Å²) in [7, 11) is -4.64. The van der Waals surface area contributed by atoms with E-state index < -0.39 is 7.82 Å². The first-order chi connectivity index (χ1) is 6.31. The average Bonchev–Trinajstić information content (AvgIpc) is 2.01. The zero-order valence-electron chi connectivity index (χ0n) is 7.92. The summed E-state index contributed by atoms with van der Waals surface area (Å²) in [5, 5.41) is 0. The van der Waals surface area contributed by atoms with Crippen molar-refractivity contribution in [3.05, 3.63) is 12.7 Å². The van der Waals surface area contributed by atoms with Crippen molar-refractivity contribution in [1.82, 2.24) is 0 Å². The zero-order chi connectivity index (χ0) is 11.6. The van der Waals surface area contributed by atoms with E-state index in [2.05, 4.69) is 6.58 Å². The maximum atomic E-state index is 10.4. The largest absolute Gasteiger partial charge is 0.466 e. The Hall–Kier alpha value is 0.956. The van der Waals surface area contributed by atoms with Crippen LogP contribution in [0.25, 0.3) is 0 Å². The Morgan fingerprint density at radius 2 is 1.93 bits per heavy atom. The Bertz CT molecular complexity index is 204. The van der Waals surface area contributed by atoms with E-state index in [0.717, 1.165) is 55.4 Å². The Labute approximate surface area is 116 Å². The summed E-state index contributed by atoms with van der Waals surface area (Å²) in [6.45, 7) is 3.84. The fourth-order valence-corrected chi connectivity index (χ4v) is 0.827. The van der Waals surface area contributed by atoms with Gasteiger partial charge >= 0.3 is 98.5 Å². The molecule has 0 rings (SSSR count). The predicted octanol–water partition coefficient (Wildman–Crippen LogP) is -0.236. The number of hydrogen-bond donors (Lipinski definition) is 3. The second kappa shape index (κ2) is 10.5. The molecule has 0 radical (unpaired) electrons. The SMILES string of the molecule is C=CC(=O)OCC[CH2][K].O=P(O)(O)O. The number of esters is 1. The molecule has 0 bridgehead atoms. The molecule has 6 nitrogen and oxygen atoms in total. The van der Waals surface area contributed by atoms with Crippen molar-refractivity contribution in [3.63, 3.8) is 0 Å². The second-order valence-corrected chi connectivity index (χ2v) is 4.83. The van der Waals surface area contributed by atoms with Crippen LogP contribution in [0.1, 0.15) is 6.42 Å². The number of carbonyl (C=O) groups is 1. The molecule has 0 amide bonds. The van der Waals surface area contributed by atoms with Gasteiger partial charge in [0, 0.05) is 0 Å². The Morgan fingerprint density at radius 3 is 2.21 bits per heavy atom. The van der Waals surface area contributed by atoms with Gasteiger partial charge in [0.2, 0.25) is 0 Å². The predicted molar refractivity (Wildman–Crippen MR) is 50.6 cm³/mol. The molecule has 0 aromatic carbocycles. The van der Waals surface area contributed by atoms with E-state index in [9.17, 15) is 4.79 Å². The van der Waals surface area contributed by atoms with Crippen LogP contribution in [0.4, 0.5) is 0 Å². The van der Waals surface area contributed by atoms with Crippen molar-refractivity contribution in [2.75, 3.05) is 6.61 Å². The quantitative estimate of drug-likeness (QED) is 0.209. The molecule has 0 spiro atoms. The van der Waals surface area contributed by atoms with Gasteiger partial charge in [-0.1, -0.05) is 0 Å². The van der Waals surface area contributed by atoms with E-state index in [1.165, 1.54) is 6.59 Å². The molecule has 0 aromatic rings. The van der Waals surface area contributed by atoms with Crippen molar-refractivity contribution < 1.29 is 28.8 Å². The van der Waals surface area contributed by atoms with E-state index in [-0.39, 0.29) is 5.97 Å². The standard InChI is InChI=1S/C6H9O2.K.H3O4P/c1-3-5-8-6(7)4-2;;1-5(2,3)4/h4H,1-3,5H2;;(H3,1,2,3,4). The molecular formula is C6H12KO6P. The molecule has 0 atom stereocenters. The summed E-state index contributed by atoms with van der Waals surface area (Å²) in [5.74, 6) is -0.309. The van der Waals surface area contributed by atoms with Crippen LogP contribution in [0.5, 0.6) is 0 Å². The third-order valence-electron chi connectivity index (χ3n) is 0.909. The first-order valence-electron chi connectivity index (χ1n) is 3.88. The van der Waals surface area contributed by atoms with Crippen molar-refractivity contribution in [2.24, 2.45) is 0 Å². The molecule has 0 aliphatic carbocycles. The van der Waals surface area contributed by atoms with Crippen LogP contribution in [0, 0.1) is 0 Å². The van der Waals surface area contributed by atoms with E-state index in [4.69, 9.17) is 24.0 Å². The normalized spacial score (nSPS) is 9.79. The molecule has 8 heteroatoms. The van der Waals surface area contributed by atoms with Gasteiger partial charge in [-0.05, 0) is 0 Å². The summed E-state index contributed by atoms with van der Waals surface area (Å²) < 4.78 is 14.8. The van der Waals surface area contributed by atoms with Crippen molar-refractivity contribution in [2.45, 2.75) is 6.94 Å². The van der Waals surface area contributed by atoms with Gasteiger partial charge in [-0.15, -0.1) is 0 Å². The Kier molecular flexibility index (Phi) is 13.0. The van der Waals surface area contributed by atoms with Crippen LogP contribution in [0.2, 0.25) is 0.515 Å². The molecule has 0 saturated heterocycles. The summed E-state index contributed by atoms with van der Waals surface area (Å²) in [4.78, 5) is 31.9. The zero-order valence-corrected chi connectivity index (χ0v) is 11.9. The van der Waals surface area contributed by atoms with E-state index in [1.807, 2.05) is 0 Å². The smallest absolute Gasteiger partial charge is 0.303 e. The second-order valence-electron chi connectivity index (χ2n) is 2.24. The van der Waals surface area contributed by atoms with Crippen molar-refractivity contribution in [3.8, 4) is 0 Å². The number of ether oxygens (including phenoxy) is 1. The van der Waals surface area contributed by atoms with Crippen LogP contribution in [-0.4, -0.2) is 76.2 Å². The van der Waals surface area contributed by atoms with Crippen molar-refractivity contribution >= 4 is 62.7 Å². The van der Waals surface area contributed by atoms with Gasteiger partial charge in [0.15, 0.2) is 0 Å². The molecule has 0 heterocycles. The van der Waals surface area contributed by atoms with E-state index in [0.29, 0.717) is 6.61 Å². The third kappa shape index (κ3) is 29.3. The molecule has 0 fully saturated rings. The molecular weight excluding hydrogens is 238 g/mol. The minimum atomic E-state index is -4.64. The van der Waals surface area contributed by atoms with Gasteiger partial charge in [-0.25, -0.2) is 4.57 Å². The van der Waals surface area contributed by atoms with Gasteiger partial charge in [-0.2, -0.15) is 0 Å². The molecule has 3 N–H and O–H groups in total. The van der Waals surface area contributed by atoms with Gasteiger partial charge in [0.25, 0.3) is 0 Å². The summed E-state index contributed by atoms with van der Waals surface area (Å²) >= 11 is 0.883. The summed E-state index contributed by atoms with van der Waals surface area (Å²) in [6, 6.07) is 0.